The van der Waals surface area contributed by atoms with Gasteiger partial charge in [0.2, 0.25) is 0 Å². The summed E-state index contributed by atoms with van der Waals surface area (Å²) >= 11 is 5.91. The van der Waals surface area contributed by atoms with Gasteiger partial charge < -0.3 is 9.30 Å². The second kappa shape index (κ2) is 5.56. The second-order valence-electron chi connectivity index (χ2n) is 3.81. The molecule has 5 heteroatoms. The van der Waals surface area contributed by atoms with Gasteiger partial charge in [0.15, 0.2) is 0 Å². The summed E-state index contributed by atoms with van der Waals surface area (Å²) in [5.74, 6) is 1.63. The minimum atomic E-state index is 0.409. The Labute approximate surface area is 110 Å². The third-order valence-corrected chi connectivity index (χ3v) is 2.89. The molecule has 0 radical (unpaired) electrons. The van der Waals surface area contributed by atoms with Gasteiger partial charge in [-0.2, -0.15) is 5.26 Å². The number of aryl methyl sites for hydroxylation is 1. The van der Waals surface area contributed by atoms with Crippen LogP contribution in [0, 0.1) is 11.3 Å². The molecule has 0 fully saturated rings. The third-order valence-electron chi connectivity index (χ3n) is 2.58. The molecule has 0 saturated carbocycles. The lowest BCUT2D eigenvalue weighted by Crippen LogP contribution is -2.06. The molecule has 0 spiro atoms. The molecule has 1 heterocycles. The standard InChI is InChI=1S/C13H12ClN3O/c1-17-6-5-16-13(17)4-7-18-11-3-2-10(9-15)12(14)8-11/h2-3,5-6,8H,4,7H2,1H3. The number of nitrogens with zero attached hydrogens (tertiary/aromatic N) is 3. The zero-order valence-electron chi connectivity index (χ0n) is 9.93. The molecule has 0 atom stereocenters. The van der Waals surface area contributed by atoms with Crippen LogP contribution in [-0.4, -0.2) is 16.2 Å². The highest BCUT2D eigenvalue weighted by molar-refractivity contribution is 6.31. The lowest BCUT2D eigenvalue weighted by Gasteiger charge is -2.07. The summed E-state index contributed by atoms with van der Waals surface area (Å²) in [4.78, 5) is 4.21. The van der Waals surface area contributed by atoms with Gasteiger partial charge in [-0.15, -0.1) is 0 Å². The Morgan fingerprint density at radius 3 is 2.94 bits per heavy atom. The van der Waals surface area contributed by atoms with Crippen LogP contribution in [-0.2, 0) is 13.5 Å². The molecule has 0 bridgehead atoms. The molecule has 1 aromatic heterocycles. The molecule has 0 saturated heterocycles. The van der Waals surface area contributed by atoms with Gasteiger partial charge in [0, 0.05) is 31.9 Å². The number of nitriles is 1. The number of hydrogen-bond donors (Lipinski definition) is 0. The van der Waals surface area contributed by atoms with Gasteiger partial charge in [-0.1, -0.05) is 11.6 Å². The summed E-state index contributed by atoms with van der Waals surface area (Å²) < 4.78 is 7.52. The quantitative estimate of drug-likeness (QED) is 0.850. The van der Waals surface area contributed by atoms with Gasteiger partial charge >= 0.3 is 0 Å². The predicted molar refractivity (Wildman–Crippen MR) is 68.6 cm³/mol. The fourth-order valence-corrected chi connectivity index (χ4v) is 1.79. The lowest BCUT2D eigenvalue weighted by atomic mass is 10.2. The molecule has 1 aromatic carbocycles. The minimum absolute atomic E-state index is 0.409. The Balaban J connectivity index is 1.93. The van der Waals surface area contributed by atoms with Crippen LogP contribution < -0.4 is 4.74 Å². The van der Waals surface area contributed by atoms with Crippen molar-refractivity contribution in [2.24, 2.45) is 7.05 Å². The molecule has 0 aliphatic carbocycles. The Morgan fingerprint density at radius 1 is 1.50 bits per heavy atom. The average molecular weight is 262 g/mol. The smallest absolute Gasteiger partial charge is 0.120 e. The van der Waals surface area contributed by atoms with Crippen molar-refractivity contribution in [3.63, 3.8) is 0 Å². The van der Waals surface area contributed by atoms with E-state index in [4.69, 9.17) is 21.6 Å². The number of hydrogen-bond acceptors (Lipinski definition) is 3. The van der Waals surface area contributed by atoms with Gasteiger partial charge in [0.05, 0.1) is 17.2 Å². The number of halogens is 1. The van der Waals surface area contributed by atoms with Gasteiger partial charge in [-0.25, -0.2) is 4.98 Å². The summed E-state index contributed by atoms with van der Waals surface area (Å²) in [6.45, 7) is 0.521. The second-order valence-corrected chi connectivity index (χ2v) is 4.21. The topological polar surface area (TPSA) is 50.8 Å². The Bertz CT molecular complexity index is 586. The number of aromatic nitrogens is 2. The first kappa shape index (κ1) is 12.5. The Hall–Kier alpha value is -1.99. The van der Waals surface area contributed by atoms with E-state index in [2.05, 4.69) is 4.98 Å². The Morgan fingerprint density at radius 2 is 2.33 bits per heavy atom. The van der Waals surface area contributed by atoms with E-state index in [0.717, 1.165) is 12.2 Å². The summed E-state index contributed by atoms with van der Waals surface area (Å²) in [6.07, 6.45) is 4.38. The van der Waals surface area contributed by atoms with Crippen molar-refractivity contribution in [1.29, 1.82) is 5.26 Å². The van der Waals surface area contributed by atoms with E-state index < -0.39 is 0 Å². The van der Waals surface area contributed by atoms with Crippen molar-refractivity contribution in [2.45, 2.75) is 6.42 Å². The van der Waals surface area contributed by atoms with Crippen molar-refractivity contribution < 1.29 is 4.74 Å². The SMILES string of the molecule is Cn1ccnc1CCOc1ccc(C#N)c(Cl)c1. The third kappa shape index (κ3) is 2.82. The van der Waals surface area contributed by atoms with E-state index >= 15 is 0 Å². The van der Waals surface area contributed by atoms with Crippen LogP contribution >= 0.6 is 11.6 Å². The van der Waals surface area contributed by atoms with Crippen LogP contribution in [0.2, 0.25) is 5.02 Å². The van der Waals surface area contributed by atoms with Crippen LogP contribution in [0.1, 0.15) is 11.4 Å². The molecule has 2 rings (SSSR count). The van der Waals surface area contributed by atoms with E-state index in [-0.39, 0.29) is 0 Å². The molecule has 0 aliphatic heterocycles. The van der Waals surface area contributed by atoms with E-state index in [9.17, 15) is 0 Å². The largest absolute Gasteiger partial charge is 0.493 e. The summed E-state index contributed by atoms with van der Waals surface area (Å²) in [5, 5.41) is 9.16. The fraction of sp³-hybridized carbons (Fsp3) is 0.231. The zero-order chi connectivity index (χ0) is 13.0. The first-order valence-corrected chi connectivity index (χ1v) is 5.87. The van der Waals surface area contributed by atoms with Crippen LogP contribution in [0.4, 0.5) is 0 Å². The highest BCUT2D eigenvalue weighted by Gasteiger charge is 2.03. The van der Waals surface area contributed by atoms with Gasteiger partial charge in [-0.05, 0) is 12.1 Å². The summed E-state index contributed by atoms with van der Waals surface area (Å²) in [6, 6.07) is 7.05. The number of ether oxygens (including phenoxy) is 1. The van der Waals surface area contributed by atoms with E-state index in [1.54, 1.807) is 24.4 Å². The van der Waals surface area contributed by atoms with Crippen LogP contribution in [0.5, 0.6) is 5.75 Å². The highest BCUT2D eigenvalue weighted by atomic mass is 35.5. The number of benzene rings is 1. The van der Waals surface area contributed by atoms with Crippen molar-refractivity contribution in [3.8, 4) is 11.8 Å². The molecule has 0 N–H and O–H groups in total. The molecular formula is C13H12ClN3O. The molecule has 0 amide bonds. The van der Waals surface area contributed by atoms with Crippen molar-refractivity contribution in [1.82, 2.24) is 9.55 Å². The van der Waals surface area contributed by atoms with Crippen molar-refractivity contribution in [3.05, 3.63) is 47.0 Å². The van der Waals surface area contributed by atoms with Gasteiger partial charge in [0.25, 0.3) is 0 Å². The zero-order valence-corrected chi connectivity index (χ0v) is 10.7. The summed E-state index contributed by atoms with van der Waals surface area (Å²) in [5.41, 5.74) is 0.452. The highest BCUT2D eigenvalue weighted by Crippen LogP contribution is 2.21. The molecule has 92 valence electrons. The average Bonchev–Trinajstić information content (AvgIpc) is 2.75. The van der Waals surface area contributed by atoms with Gasteiger partial charge in [0.1, 0.15) is 17.6 Å². The molecule has 18 heavy (non-hydrogen) atoms. The lowest BCUT2D eigenvalue weighted by molar-refractivity contribution is 0.317. The van der Waals surface area contributed by atoms with Crippen molar-refractivity contribution >= 4 is 11.6 Å². The normalized spacial score (nSPS) is 10.1. The molecular weight excluding hydrogens is 250 g/mol. The fourth-order valence-electron chi connectivity index (χ4n) is 1.57. The Kier molecular flexibility index (Phi) is 3.85. The van der Waals surface area contributed by atoms with E-state index in [1.165, 1.54) is 0 Å². The monoisotopic (exact) mass is 261 g/mol. The molecule has 0 unspecified atom stereocenters. The summed E-state index contributed by atoms with van der Waals surface area (Å²) in [7, 11) is 1.95. The molecule has 2 aromatic rings. The van der Waals surface area contributed by atoms with Crippen LogP contribution in [0.25, 0.3) is 0 Å². The molecule has 0 aliphatic rings. The maximum Gasteiger partial charge on any atom is 0.120 e. The van der Waals surface area contributed by atoms with Gasteiger partial charge in [-0.3, -0.25) is 0 Å². The first-order valence-electron chi connectivity index (χ1n) is 5.49. The maximum atomic E-state index is 8.75. The predicted octanol–water partition coefficient (Wildman–Crippen LogP) is 2.57. The number of imidazole rings is 1. The molecule has 4 nitrogen and oxygen atoms in total. The van der Waals surface area contributed by atoms with Crippen LogP contribution in [0.15, 0.2) is 30.6 Å². The van der Waals surface area contributed by atoms with Crippen LogP contribution in [0.3, 0.4) is 0 Å². The first-order chi connectivity index (χ1) is 8.70. The minimum Gasteiger partial charge on any atom is -0.493 e. The van der Waals surface area contributed by atoms with E-state index in [0.29, 0.717) is 22.9 Å². The maximum absolute atomic E-state index is 8.75. The van der Waals surface area contributed by atoms with E-state index in [1.807, 2.05) is 23.9 Å². The van der Waals surface area contributed by atoms with Crippen molar-refractivity contribution in [2.75, 3.05) is 6.61 Å². The number of rotatable bonds is 4.